The molecule has 2 aromatic carbocycles. The van der Waals surface area contributed by atoms with Crippen LogP contribution in [0, 0.1) is 5.21 Å². The average Bonchev–Trinajstić information content (AvgIpc) is 2.82. The molecule has 0 fully saturated rings. The Morgan fingerprint density at radius 3 is 1.79 bits per heavy atom. The van der Waals surface area contributed by atoms with Gasteiger partial charge in [0, 0.05) is 0 Å². The maximum Gasteiger partial charge on any atom is 3.00 e. The van der Waals surface area contributed by atoms with Crippen LogP contribution in [0.1, 0.15) is 0 Å². The third kappa shape index (κ3) is 4.84. The van der Waals surface area contributed by atoms with Gasteiger partial charge in [-0.3, -0.25) is 0 Å². The Morgan fingerprint density at radius 1 is 1.07 bits per heavy atom. The molecular weight excluding hydrogens is 222 g/mol. The number of hydrogen-bond donors (Lipinski definition) is 1. The largest absolute Gasteiger partial charge is 3.00 e. The van der Waals surface area contributed by atoms with E-state index in [-0.39, 0.29) is 28.0 Å². The van der Waals surface area contributed by atoms with Gasteiger partial charge in [0.15, 0.2) is 0 Å². The topological polar surface area (TPSA) is 46.5 Å². The van der Waals surface area contributed by atoms with Gasteiger partial charge in [0.2, 0.25) is 0 Å². The van der Waals surface area contributed by atoms with Crippen molar-refractivity contribution in [2.24, 2.45) is 0 Å². The Hall–Kier alpha value is -1.06. The Balaban J connectivity index is 0.000000246. The van der Waals surface area contributed by atoms with Gasteiger partial charge >= 0.3 is 17.1 Å². The second-order valence-corrected chi connectivity index (χ2v) is 2.38. The molecule has 14 heavy (non-hydrogen) atoms. The minimum Gasteiger partial charge on any atom is -0.745 e. The molecule has 1 radical (unpaired) electrons. The minimum atomic E-state index is -0.167. The van der Waals surface area contributed by atoms with E-state index in [0.717, 1.165) is 0 Å². The van der Waals surface area contributed by atoms with E-state index >= 15 is 0 Å². The zero-order chi connectivity index (χ0) is 9.52. The molecule has 0 aliphatic carbocycles. The van der Waals surface area contributed by atoms with Crippen molar-refractivity contribution in [3.63, 3.8) is 0 Å². The van der Waals surface area contributed by atoms with Crippen LogP contribution in [0.4, 0.5) is 5.69 Å². The first kappa shape index (κ1) is 12.9. The van der Waals surface area contributed by atoms with E-state index in [1.807, 2.05) is 30.3 Å². The summed E-state index contributed by atoms with van der Waals surface area (Å²) >= 11 is 0. The van der Waals surface area contributed by atoms with Crippen molar-refractivity contribution in [1.29, 1.82) is 0 Å². The zero-order valence-corrected chi connectivity index (χ0v) is 8.46. The van der Waals surface area contributed by atoms with Crippen molar-refractivity contribution in [2.75, 3.05) is 5.23 Å². The van der Waals surface area contributed by atoms with E-state index in [1.165, 1.54) is 12.1 Å². The van der Waals surface area contributed by atoms with Gasteiger partial charge in [0.05, 0.1) is 0 Å². The molecule has 0 bridgehead atoms. The molecular formula is C10H10FeNO2. The third-order valence-corrected chi connectivity index (χ3v) is 1.42. The molecule has 0 unspecified atom stereocenters. The SMILES string of the molecule is [Fe+3].[O-]N(O)[c-]1cccc1.c1cc[cH-]c1. The third-order valence-electron chi connectivity index (χ3n) is 1.42. The second kappa shape index (κ2) is 7.35. The number of nitrogens with zero attached hydrogens (tertiary/aromatic N) is 1. The van der Waals surface area contributed by atoms with Crippen molar-refractivity contribution >= 4 is 5.69 Å². The van der Waals surface area contributed by atoms with Crippen LogP contribution in [0.2, 0.25) is 0 Å². The molecule has 75 valence electrons. The van der Waals surface area contributed by atoms with Gasteiger partial charge in [-0.05, 0) is 0 Å². The Labute approximate surface area is 93.3 Å². The summed E-state index contributed by atoms with van der Waals surface area (Å²) in [6.45, 7) is 0. The molecule has 3 nitrogen and oxygen atoms in total. The normalized spacial score (nSPS) is 8.14. The van der Waals surface area contributed by atoms with Gasteiger partial charge in [-0.2, -0.15) is 30.3 Å². The van der Waals surface area contributed by atoms with Gasteiger partial charge in [0.25, 0.3) is 0 Å². The summed E-state index contributed by atoms with van der Waals surface area (Å²) in [5.41, 5.74) is 0.269. The molecule has 0 heterocycles. The van der Waals surface area contributed by atoms with Crippen LogP contribution < -0.4 is 5.23 Å². The Bertz CT molecular complexity index is 273. The summed E-state index contributed by atoms with van der Waals surface area (Å²) in [6.07, 6.45) is 0. The molecule has 0 atom stereocenters. The van der Waals surface area contributed by atoms with Crippen LogP contribution >= 0.6 is 0 Å². The van der Waals surface area contributed by atoms with Crippen LogP contribution in [0.15, 0.2) is 54.6 Å². The molecule has 2 aromatic rings. The average molecular weight is 232 g/mol. The van der Waals surface area contributed by atoms with Crippen molar-refractivity contribution in [2.45, 2.75) is 0 Å². The summed E-state index contributed by atoms with van der Waals surface area (Å²) in [7, 11) is 0. The fourth-order valence-electron chi connectivity index (χ4n) is 0.812. The van der Waals surface area contributed by atoms with Crippen LogP contribution in [0.3, 0.4) is 0 Å². The molecule has 0 saturated heterocycles. The van der Waals surface area contributed by atoms with Crippen molar-refractivity contribution in [1.82, 2.24) is 0 Å². The van der Waals surface area contributed by atoms with Gasteiger partial charge < -0.3 is 15.6 Å². The molecule has 0 aliphatic rings. The fraction of sp³-hybridized carbons (Fsp3) is 0. The monoisotopic (exact) mass is 232 g/mol. The summed E-state index contributed by atoms with van der Waals surface area (Å²) in [6, 6.07) is 16.4. The molecule has 0 amide bonds. The van der Waals surface area contributed by atoms with Crippen molar-refractivity contribution in [3.05, 3.63) is 59.8 Å². The molecule has 1 N–H and O–H groups in total. The van der Waals surface area contributed by atoms with E-state index in [9.17, 15) is 5.21 Å². The quantitative estimate of drug-likeness (QED) is 0.466. The van der Waals surface area contributed by atoms with E-state index in [2.05, 4.69) is 0 Å². The Morgan fingerprint density at radius 2 is 1.57 bits per heavy atom. The maximum atomic E-state index is 9.98. The Kier molecular flexibility index (Phi) is 6.80. The molecule has 4 heteroatoms. The molecule has 2 rings (SSSR count). The van der Waals surface area contributed by atoms with E-state index in [1.54, 1.807) is 12.1 Å². The van der Waals surface area contributed by atoms with Crippen LogP contribution in [-0.4, -0.2) is 5.21 Å². The van der Waals surface area contributed by atoms with Crippen LogP contribution in [0.5, 0.6) is 0 Å². The summed E-state index contributed by atoms with van der Waals surface area (Å²) in [4.78, 5) is 0. The second-order valence-electron chi connectivity index (χ2n) is 2.38. The summed E-state index contributed by atoms with van der Waals surface area (Å²) in [5.74, 6) is 0. The number of rotatable bonds is 1. The fourth-order valence-corrected chi connectivity index (χ4v) is 0.812. The van der Waals surface area contributed by atoms with Crippen LogP contribution in [-0.2, 0) is 17.1 Å². The van der Waals surface area contributed by atoms with Gasteiger partial charge in [0.1, 0.15) is 0 Å². The van der Waals surface area contributed by atoms with E-state index in [0.29, 0.717) is 0 Å². The molecule has 0 saturated carbocycles. The molecule has 0 aromatic heterocycles. The maximum absolute atomic E-state index is 9.98. The standard InChI is InChI=1S/C5H5NO2.C5H5.Fe/c7-6(8)5-3-1-2-4-5;1-2-4-5-3-1;/h1-4,7H;1-5H;/q-2;-1;+3. The first-order valence-electron chi connectivity index (χ1n) is 3.85. The first-order chi connectivity index (χ1) is 6.30. The van der Waals surface area contributed by atoms with Gasteiger partial charge in [-0.15, -0.1) is 0 Å². The number of anilines is 1. The van der Waals surface area contributed by atoms with Crippen LogP contribution in [0.25, 0.3) is 0 Å². The summed E-state index contributed by atoms with van der Waals surface area (Å²) in [5, 5.41) is 18.0. The number of hydrogen-bond acceptors (Lipinski definition) is 3. The molecule has 0 spiro atoms. The van der Waals surface area contributed by atoms with Crippen molar-refractivity contribution < 1.29 is 22.3 Å². The van der Waals surface area contributed by atoms with Gasteiger partial charge in [-0.25, -0.2) is 24.3 Å². The first-order valence-corrected chi connectivity index (χ1v) is 3.85. The van der Waals surface area contributed by atoms with Gasteiger partial charge in [-0.1, -0.05) is 5.69 Å². The van der Waals surface area contributed by atoms with E-state index < -0.39 is 0 Å². The predicted molar refractivity (Wildman–Crippen MR) is 51.7 cm³/mol. The van der Waals surface area contributed by atoms with Crippen molar-refractivity contribution in [3.8, 4) is 0 Å². The van der Waals surface area contributed by atoms with E-state index in [4.69, 9.17) is 5.21 Å². The summed E-state index contributed by atoms with van der Waals surface area (Å²) < 4.78 is 0. The smallest absolute Gasteiger partial charge is 0.745 e. The molecule has 0 aliphatic heterocycles. The zero-order valence-electron chi connectivity index (χ0n) is 7.35. The predicted octanol–water partition coefficient (Wildman–Crippen LogP) is 2.50. The minimum absolute atomic E-state index is 0.